The molecule has 0 aliphatic rings. The van der Waals surface area contributed by atoms with Crippen molar-refractivity contribution >= 4 is 17.6 Å². The Morgan fingerprint density at radius 3 is 2.58 bits per heavy atom. The summed E-state index contributed by atoms with van der Waals surface area (Å²) >= 11 is 6.19. The van der Waals surface area contributed by atoms with Crippen LogP contribution in [0.3, 0.4) is 0 Å². The van der Waals surface area contributed by atoms with Crippen molar-refractivity contribution in [1.29, 1.82) is 0 Å². The van der Waals surface area contributed by atoms with E-state index in [1.54, 1.807) is 36.4 Å². The third-order valence-corrected chi connectivity index (χ3v) is 3.98. The molecule has 0 saturated heterocycles. The molecule has 0 aliphatic heterocycles. The molecule has 4 nitrogen and oxygen atoms in total. The van der Waals surface area contributed by atoms with Gasteiger partial charge in [-0.2, -0.15) is 0 Å². The van der Waals surface area contributed by atoms with Gasteiger partial charge >= 0.3 is 0 Å². The Labute approximate surface area is 156 Å². The molecule has 0 bridgehead atoms. The van der Waals surface area contributed by atoms with Crippen molar-refractivity contribution in [2.45, 2.75) is 0 Å². The summed E-state index contributed by atoms with van der Waals surface area (Å²) in [6.07, 6.45) is 1.66. The first-order valence-corrected chi connectivity index (χ1v) is 8.29. The van der Waals surface area contributed by atoms with Gasteiger partial charge in [-0.1, -0.05) is 54.6 Å². The molecule has 0 aliphatic carbocycles. The molecule has 2 aromatic carbocycles. The summed E-state index contributed by atoms with van der Waals surface area (Å²) < 4.78 is 5.75. The molecule has 0 spiro atoms. The Morgan fingerprint density at radius 2 is 1.85 bits per heavy atom. The average Bonchev–Trinajstić information content (AvgIpc) is 2.67. The molecule has 0 amide bonds. The molecular weight excluding hydrogens is 350 g/mol. The van der Waals surface area contributed by atoms with Gasteiger partial charge in [0, 0.05) is 16.1 Å². The number of rotatable bonds is 6. The minimum Gasteiger partial charge on any atom is -0.543 e. The van der Waals surface area contributed by atoms with Gasteiger partial charge in [-0.05, 0) is 35.9 Å². The lowest BCUT2D eigenvalue weighted by atomic mass is 9.96. The molecule has 3 aromatic rings. The van der Waals surface area contributed by atoms with E-state index in [0.29, 0.717) is 23.1 Å². The summed E-state index contributed by atoms with van der Waals surface area (Å²) in [5, 5.41) is 11.7. The lowest BCUT2D eigenvalue weighted by Crippen LogP contribution is -2.23. The van der Waals surface area contributed by atoms with Crippen LogP contribution in [0.4, 0.5) is 0 Å². The summed E-state index contributed by atoms with van der Waals surface area (Å²) in [4.78, 5) is 15.3. The predicted octanol–water partition coefficient (Wildman–Crippen LogP) is 4.00. The highest BCUT2D eigenvalue weighted by atomic mass is 35.5. The van der Waals surface area contributed by atoms with Gasteiger partial charge < -0.3 is 14.6 Å². The molecule has 0 N–H and O–H groups in total. The first kappa shape index (κ1) is 17.7. The number of carbonyl (C=O) groups excluding carboxylic acids is 1. The lowest BCUT2D eigenvalue weighted by Gasteiger charge is -2.15. The van der Waals surface area contributed by atoms with E-state index in [9.17, 15) is 9.90 Å². The van der Waals surface area contributed by atoms with E-state index < -0.39 is 5.97 Å². The molecular formula is C21H15ClNO3-. The Morgan fingerprint density at radius 1 is 1.08 bits per heavy atom. The van der Waals surface area contributed by atoms with E-state index in [2.05, 4.69) is 11.6 Å². The van der Waals surface area contributed by atoms with Crippen molar-refractivity contribution < 1.29 is 14.6 Å². The second-order valence-corrected chi connectivity index (χ2v) is 5.92. The van der Waals surface area contributed by atoms with Gasteiger partial charge in [-0.25, -0.2) is 4.98 Å². The first-order chi connectivity index (χ1) is 12.6. The van der Waals surface area contributed by atoms with Gasteiger partial charge in [-0.15, -0.1) is 0 Å². The van der Waals surface area contributed by atoms with Crippen LogP contribution in [0, 0.1) is 0 Å². The number of carboxylic acid groups (broad SMARTS) is 1. The van der Waals surface area contributed by atoms with Crippen LogP contribution in [0.15, 0.2) is 73.3 Å². The van der Waals surface area contributed by atoms with Gasteiger partial charge in [0.25, 0.3) is 0 Å². The summed E-state index contributed by atoms with van der Waals surface area (Å²) in [5.74, 6) is -0.667. The summed E-state index contributed by atoms with van der Waals surface area (Å²) in [5.41, 5.74) is 2.79. The fraction of sp³-hybridized carbons (Fsp3) is 0.0476. The van der Waals surface area contributed by atoms with Gasteiger partial charge in [0.05, 0.1) is 17.4 Å². The van der Waals surface area contributed by atoms with Crippen molar-refractivity contribution in [3.63, 3.8) is 0 Å². The molecule has 0 fully saturated rings. The van der Waals surface area contributed by atoms with Crippen LogP contribution in [0.2, 0.25) is 5.02 Å². The van der Waals surface area contributed by atoms with E-state index in [0.717, 1.165) is 16.7 Å². The zero-order valence-corrected chi connectivity index (χ0v) is 14.6. The average molecular weight is 365 g/mol. The van der Waals surface area contributed by atoms with Crippen LogP contribution < -0.4 is 9.84 Å². The van der Waals surface area contributed by atoms with Crippen molar-refractivity contribution in [2.24, 2.45) is 0 Å². The van der Waals surface area contributed by atoms with Crippen LogP contribution >= 0.6 is 11.6 Å². The Hall–Kier alpha value is -3.11. The van der Waals surface area contributed by atoms with E-state index in [1.807, 2.05) is 24.3 Å². The highest BCUT2D eigenvalue weighted by molar-refractivity contribution is 6.31. The number of hydrogen-bond acceptors (Lipinski definition) is 4. The quantitative estimate of drug-likeness (QED) is 0.620. The molecule has 0 atom stereocenters. The van der Waals surface area contributed by atoms with Gasteiger partial charge in [0.15, 0.2) is 0 Å². The minimum absolute atomic E-state index is 0.119. The van der Waals surface area contributed by atoms with Crippen LogP contribution in [-0.4, -0.2) is 17.6 Å². The molecule has 130 valence electrons. The van der Waals surface area contributed by atoms with Crippen LogP contribution in [0.25, 0.3) is 22.4 Å². The van der Waals surface area contributed by atoms with Gasteiger partial charge in [-0.3, -0.25) is 0 Å². The number of carbonyl (C=O) groups is 1. The maximum absolute atomic E-state index is 11.1. The molecule has 26 heavy (non-hydrogen) atoms. The predicted molar refractivity (Wildman–Crippen MR) is 100 cm³/mol. The third kappa shape index (κ3) is 3.76. The zero-order chi connectivity index (χ0) is 18.5. The van der Waals surface area contributed by atoms with Crippen LogP contribution in [0.5, 0.6) is 5.75 Å². The number of ether oxygens (including phenoxy) is 1. The van der Waals surface area contributed by atoms with E-state index >= 15 is 0 Å². The Kier molecular flexibility index (Phi) is 5.34. The summed E-state index contributed by atoms with van der Waals surface area (Å²) in [7, 11) is 0. The Balaban J connectivity index is 2.17. The van der Waals surface area contributed by atoms with E-state index in [-0.39, 0.29) is 5.69 Å². The zero-order valence-electron chi connectivity index (χ0n) is 13.8. The van der Waals surface area contributed by atoms with Crippen molar-refractivity contribution in [3.05, 3.63) is 84.0 Å². The smallest absolute Gasteiger partial charge is 0.127 e. The molecule has 3 rings (SSSR count). The lowest BCUT2D eigenvalue weighted by molar-refractivity contribution is -0.255. The van der Waals surface area contributed by atoms with Crippen molar-refractivity contribution in [3.8, 4) is 28.1 Å². The SMILES string of the molecule is C=CCOc1ccc(Cl)cc1-c1ccccc1-c1cccc(C(=O)[O-])n1. The number of halogens is 1. The van der Waals surface area contributed by atoms with Gasteiger partial charge in [0.2, 0.25) is 0 Å². The van der Waals surface area contributed by atoms with Crippen molar-refractivity contribution in [1.82, 2.24) is 4.98 Å². The fourth-order valence-electron chi connectivity index (χ4n) is 2.63. The standard InChI is InChI=1S/C21H16ClNO3/c1-2-12-26-20-11-10-14(22)13-17(20)15-6-3-4-7-16(15)18-8-5-9-19(23-18)21(24)25/h2-11,13H,1,12H2,(H,24,25)/p-1. The second-order valence-electron chi connectivity index (χ2n) is 5.48. The van der Waals surface area contributed by atoms with Crippen molar-refractivity contribution in [2.75, 3.05) is 6.61 Å². The largest absolute Gasteiger partial charge is 0.543 e. The number of pyridine rings is 1. The van der Waals surface area contributed by atoms with Crippen LogP contribution in [0.1, 0.15) is 10.5 Å². The molecule has 0 unspecified atom stereocenters. The molecule has 0 radical (unpaired) electrons. The van der Waals surface area contributed by atoms with Crippen LogP contribution in [-0.2, 0) is 0 Å². The molecule has 1 aromatic heterocycles. The number of aromatic nitrogens is 1. The highest BCUT2D eigenvalue weighted by Gasteiger charge is 2.14. The molecule has 1 heterocycles. The van der Waals surface area contributed by atoms with E-state index in [4.69, 9.17) is 16.3 Å². The normalized spacial score (nSPS) is 10.3. The number of nitrogens with zero attached hydrogens (tertiary/aromatic N) is 1. The Bertz CT molecular complexity index is 969. The summed E-state index contributed by atoms with van der Waals surface area (Å²) in [6.45, 7) is 4.02. The van der Waals surface area contributed by atoms with Gasteiger partial charge in [0.1, 0.15) is 12.4 Å². The number of aromatic carboxylic acids is 1. The summed E-state index contributed by atoms with van der Waals surface area (Å²) in [6, 6.07) is 17.7. The number of hydrogen-bond donors (Lipinski definition) is 0. The third-order valence-electron chi connectivity index (χ3n) is 3.75. The maximum Gasteiger partial charge on any atom is 0.127 e. The fourth-order valence-corrected chi connectivity index (χ4v) is 2.80. The molecule has 0 saturated carbocycles. The monoisotopic (exact) mass is 364 g/mol. The number of benzene rings is 2. The van der Waals surface area contributed by atoms with E-state index in [1.165, 1.54) is 6.07 Å². The highest BCUT2D eigenvalue weighted by Crippen LogP contribution is 2.38. The second kappa shape index (κ2) is 7.85. The molecule has 5 heteroatoms. The first-order valence-electron chi connectivity index (χ1n) is 7.91. The minimum atomic E-state index is -1.32. The maximum atomic E-state index is 11.1. The number of carboxylic acids is 1. The topological polar surface area (TPSA) is 62.2 Å².